The van der Waals surface area contributed by atoms with E-state index in [-0.39, 0.29) is 35.0 Å². The third kappa shape index (κ3) is 8.36. The second-order valence-corrected chi connectivity index (χ2v) is 7.96. The van der Waals surface area contributed by atoms with Gasteiger partial charge in [0.05, 0.1) is 18.6 Å². The van der Waals surface area contributed by atoms with Crippen molar-refractivity contribution in [2.75, 3.05) is 27.2 Å². The van der Waals surface area contributed by atoms with Crippen LogP contribution in [0.25, 0.3) is 0 Å². The molecule has 166 valence electrons. The molecule has 2 aromatic rings. The lowest BCUT2D eigenvalue weighted by Crippen LogP contribution is -2.42. The van der Waals surface area contributed by atoms with E-state index in [1.165, 1.54) is 12.1 Å². The highest BCUT2D eigenvalue weighted by Crippen LogP contribution is 2.26. The first kappa shape index (κ1) is 26.0. The normalized spacial score (nSPS) is 12.5. The van der Waals surface area contributed by atoms with Gasteiger partial charge in [-0.25, -0.2) is 13.6 Å². The molecule has 0 fully saturated rings. The Morgan fingerprint density at radius 2 is 1.73 bits per heavy atom. The van der Waals surface area contributed by atoms with Gasteiger partial charge < -0.3 is 20.1 Å². The van der Waals surface area contributed by atoms with Crippen molar-refractivity contribution >= 4 is 40.0 Å². The van der Waals surface area contributed by atoms with Gasteiger partial charge in [-0.2, -0.15) is 0 Å². The molecule has 1 unspecified atom stereocenters. The van der Waals surface area contributed by atoms with E-state index in [1.54, 1.807) is 26.3 Å². The molecule has 8 nitrogen and oxygen atoms in total. The molecule has 0 bridgehead atoms. The van der Waals surface area contributed by atoms with Gasteiger partial charge in [0.15, 0.2) is 17.5 Å². The molecular formula is C20H29IN4O4S. The number of para-hydroxylation sites is 2. The van der Waals surface area contributed by atoms with Gasteiger partial charge in [-0.05, 0) is 43.2 Å². The highest BCUT2D eigenvalue weighted by molar-refractivity contribution is 14.0. The molecule has 10 heteroatoms. The van der Waals surface area contributed by atoms with Gasteiger partial charge in [0, 0.05) is 13.6 Å². The predicted octanol–water partition coefficient (Wildman–Crippen LogP) is 2.14. The summed E-state index contributed by atoms with van der Waals surface area (Å²) in [4.78, 5) is 4.30. The van der Waals surface area contributed by atoms with Crippen LogP contribution in [-0.4, -0.2) is 47.7 Å². The molecule has 0 radical (unpaired) electrons. The number of methoxy groups -OCH3 is 1. The van der Waals surface area contributed by atoms with Gasteiger partial charge >= 0.3 is 0 Å². The van der Waals surface area contributed by atoms with Crippen LogP contribution in [0.15, 0.2) is 58.4 Å². The minimum absolute atomic E-state index is 0. The summed E-state index contributed by atoms with van der Waals surface area (Å²) in [6.07, 6.45) is 0.606. The number of hydrogen-bond acceptors (Lipinski definition) is 5. The molecule has 0 saturated heterocycles. The number of nitrogens with zero attached hydrogens (tertiary/aromatic N) is 1. The van der Waals surface area contributed by atoms with Crippen molar-refractivity contribution in [3.63, 3.8) is 0 Å². The summed E-state index contributed by atoms with van der Waals surface area (Å²) in [7, 11) is -0.358. The highest BCUT2D eigenvalue weighted by Gasteiger charge is 2.10. The lowest BCUT2D eigenvalue weighted by molar-refractivity contribution is 0.213. The van der Waals surface area contributed by atoms with E-state index in [9.17, 15) is 8.42 Å². The highest BCUT2D eigenvalue weighted by atomic mass is 127. The maximum atomic E-state index is 11.3. The summed E-state index contributed by atoms with van der Waals surface area (Å²) in [5, 5.41) is 11.5. The molecule has 2 aromatic carbocycles. The molecular weight excluding hydrogens is 519 g/mol. The predicted molar refractivity (Wildman–Crippen MR) is 129 cm³/mol. The molecule has 0 aliphatic rings. The Balaban J connectivity index is 0.00000450. The molecule has 4 N–H and O–H groups in total. The second kappa shape index (κ2) is 12.6. The SMILES string of the molecule is CN=C(NCCc1ccc(S(N)(=O)=O)cc1)NCC(C)Oc1ccccc1OC.I. The van der Waals surface area contributed by atoms with E-state index in [1.807, 2.05) is 31.2 Å². The van der Waals surface area contributed by atoms with E-state index >= 15 is 0 Å². The average Bonchev–Trinajstić information content (AvgIpc) is 2.70. The standard InChI is InChI=1S/C20H28N4O4S.HI/c1-15(28-19-7-5-4-6-18(19)27-3)14-24-20(22-2)23-13-12-16-8-10-17(11-9-16)29(21,25)26;/h4-11,15H,12-14H2,1-3H3,(H2,21,25,26)(H2,22,23,24);1H. The summed E-state index contributed by atoms with van der Waals surface area (Å²) >= 11 is 0. The van der Waals surface area contributed by atoms with Crippen molar-refractivity contribution < 1.29 is 17.9 Å². The lowest BCUT2D eigenvalue weighted by atomic mass is 10.1. The van der Waals surface area contributed by atoms with Gasteiger partial charge in [-0.15, -0.1) is 24.0 Å². The van der Waals surface area contributed by atoms with Crippen molar-refractivity contribution in [3.8, 4) is 11.5 Å². The number of rotatable bonds is 9. The van der Waals surface area contributed by atoms with Crippen LogP contribution in [0, 0.1) is 0 Å². The van der Waals surface area contributed by atoms with Crippen molar-refractivity contribution in [2.45, 2.75) is 24.3 Å². The number of nitrogens with one attached hydrogen (secondary N) is 2. The van der Waals surface area contributed by atoms with Gasteiger partial charge in [0.2, 0.25) is 10.0 Å². The number of primary sulfonamides is 1. The molecule has 0 aliphatic carbocycles. The number of benzene rings is 2. The Labute approximate surface area is 195 Å². The van der Waals surface area contributed by atoms with E-state index in [0.717, 1.165) is 5.56 Å². The number of aliphatic imine (C=N–C) groups is 1. The number of hydrogen-bond donors (Lipinski definition) is 3. The first-order valence-electron chi connectivity index (χ1n) is 9.19. The van der Waals surface area contributed by atoms with Crippen LogP contribution in [0.4, 0.5) is 0 Å². The second-order valence-electron chi connectivity index (χ2n) is 6.40. The van der Waals surface area contributed by atoms with Crippen molar-refractivity contribution in [1.82, 2.24) is 10.6 Å². The van der Waals surface area contributed by atoms with Crippen molar-refractivity contribution in [2.24, 2.45) is 10.1 Å². The summed E-state index contributed by atoms with van der Waals surface area (Å²) < 4.78 is 33.8. The molecule has 0 aromatic heterocycles. The Morgan fingerprint density at radius 1 is 1.10 bits per heavy atom. The zero-order valence-electron chi connectivity index (χ0n) is 17.3. The first-order valence-corrected chi connectivity index (χ1v) is 10.7. The topological polar surface area (TPSA) is 115 Å². The summed E-state index contributed by atoms with van der Waals surface area (Å²) in [5.41, 5.74) is 0.994. The van der Waals surface area contributed by atoms with Crippen LogP contribution in [0.1, 0.15) is 12.5 Å². The minimum atomic E-state index is -3.66. The summed E-state index contributed by atoms with van der Waals surface area (Å²) in [6, 6.07) is 14.0. The Hall–Kier alpha value is -2.05. The van der Waals surface area contributed by atoms with Crippen LogP contribution < -0.4 is 25.2 Å². The molecule has 0 aliphatic heterocycles. The van der Waals surface area contributed by atoms with Crippen LogP contribution in [0.3, 0.4) is 0 Å². The van der Waals surface area contributed by atoms with E-state index in [2.05, 4.69) is 15.6 Å². The quantitative estimate of drug-likeness (QED) is 0.251. The molecule has 0 amide bonds. The Kier molecular flexibility index (Phi) is 10.9. The fourth-order valence-electron chi connectivity index (χ4n) is 2.61. The van der Waals surface area contributed by atoms with Crippen molar-refractivity contribution in [3.05, 3.63) is 54.1 Å². The monoisotopic (exact) mass is 548 g/mol. The van der Waals surface area contributed by atoms with Crippen LogP contribution >= 0.6 is 24.0 Å². The minimum Gasteiger partial charge on any atom is -0.493 e. The van der Waals surface area contributed by atoms with Crippen LogP contribution in [-0.2, 0) is 16.4 Å². The number of nitrogens with two attached hydrogens (primary N) is 1. The number of sulfonamides is 1. The number of ether oxygens (including phenoxy) is 2. The molecule has 0 spiro atoms. The fraction of sp³-hybridized carbons (Fsp3) is 0.350. The van der Waals surface area contributed by atoms with Gasteiger partial charge in [-0.1, -0.05) is 24.3 Å². The Bertz CT molecular complexity index is 921. The molecule has 2 rings (SSSR count). The van der Waals surface area contributed by atoms with Crippen molar-refractivity contribution in [1.29, 1.82) is 0 Å². The maximum Gasteiger partial charge on any atom is 0.238 e. The maximum absolute atomic E-state index is 11.3. The third-order valence-corrected chi connectivity index (χ3v) is 5.07. The fourth-order valence-corrected chi connectivity index (χ4v) is 3.12. The first-order chi connectivity index (χ1) is 13.8. The zero-order valence-corrected chi connectivity index (χ0v) is 20.4. The largest absolute Gasteiger partial charge is 0.493 e. The van der Waals surface area contributed by atoms with Gasteiger partial charge in [0.25, 0.3) is 0 Å². The third-order valence-electron chi connectivity index (χ3n) is 4.14. The van der Waals surface area contributed by atoms with Gasteiger partial charge in [0.1, 0.15) is 6.10 Å². The molecule has 30 heavy (non-hydrogen) atoms. The van der Waals surface area contributed by atoms with E-state index < -0.39 is 10.0 Å². The number of guanidine groups is 1. The summed E-state index contributed by atoms with van der Waals surface area (Å²) in [6.45, 7) is 3.15. The van der Waals surface area contributed by atoms with Crippen LogP contribution in [0.5, 0.6) is 11.5 Å². The number of halogens is 1. The zero-order chi connectivity index (χ0) is 21.3. The van der Waals surface area contributed by atoms with E-state index in [0.29, 0.717) is 37.0 Å². The molecule has 1 atom stereocenters. The smallest absolute Gasteiger partial charge is 0.238 e. The molecule has 0 saturated carbocycles. The van der Waals surface area contributed by atoms with Gasteiger partial charge in [-0.3, -0.25) is 4.99 Å². The lowest BCUT2D eigenvalue weighted by Gasteiger charge is -2.19. The molecule has 0 heterocycles. The Morgan fingerprint density at radius 3 is 2.30 bits per heavy atom. The van der Waals surface area contributed by atoms with E-state index in [4.69, 9.17) is 14.6 Å². The average molecular weight is 548 g/mol. The van der Waals surface area contributed by atoms with Crippen LogP contribution in [0.2, 0.25) is 0 Å². The summed E-state index contributed by atoms with van der Waals surface area (Å²) in [5.74, 6) is 2.03.